The smallest absolute Gasteiger partial charge is 0.250 e. The van der Waals surface area contributed by atoms with Crippen LogP contribution in [0.1, 0.15) is 19.4 Å². The van der Waals surface area contributed by atoms with Gasteiger partial charge in [-0.25, -0.2) is 0 Å². The molecule has 1 aromatic rings. The maximum Gasteiger partial charge on any atom is 0.250 e. The summed E-state index contributed by atoms with van der Waals surface area (Å²) in [7, 11) is 1.53. The number of hydrogen-bond donors (Lipinski definition) is 2. The highest BCUT2D eigenvalue weighted by molar-refractivity contribution is 6.15. The molecule has 3 amide bonds. The van der Waals surface area contributed by atoms with E-state index in [1.165, 1.54) is 12.0 Å². The molecule has 1 spiro atoms. The van der Waals surface area contributed by atoms with Crippen molar-refractivity contribution in [3.8, 4) is 0 Å². The molecule has 2 saturated heterocycles. The lowest BCUT2D eigenvalue weighted by Gasteiger charge is -2.30. The highest BCUT2D eigenvalue weighted by Crippen LogP contribution is 2.53. The van der Waals surface area contributed by atoms with E-state index in [0.717, 1.165) is 5.56 Å². The topological polar surface area (TPSA) is 87.7 Å². The molecular weight excluding hydrogens is 334 g/mol. The Morgan fingerprint density at radius 2 is 1.92 bits per heavy atom. The summed E-state index contributed by atoms with van der Waals surface area (Å²) in [4.78, 5) is 40.6. The first-order valence-corrected chi connectivity index (χ1v) is 8.96. The van der Waals surface area contributed by atoms with Crippen LogP contribution in [0.4, 0.5) is 5.69 Å². The fourth-order valence-corrected chi connectivity index (χ4v) is 4.73. The zero-order chi connectivity index (χ0) is 18.6. The molecule has 3 heterocycles. The Labute approximate surface area is 152 Å². The van der Waals surface area contributed by atoms with Gasteiger partial charge in [0.1, 0.15) is 5.54 Å². The predicted octanol–water partition coefficient (Wildman–Crippen LogP) is 0.709. The molecule has 0 bridgehead atoms. The van der Waals surface area contributed by atoms with Gasteiger partial charge in [-0.3, -0.25) is 24.6 Å². The second kappa shape index (κ2) is 5.89. The van der Waals surface area contributed by atoms with Crippen LogP contribution in [0.2, 0.25) is 0 Å². The minimum Gasteiger partial charge on any atom is -0.383 e. The quantitative estimate of drug-likeness (QED) is 0.775. The van der Waals surface area contributed by atoms with Crippen LogP contribution in [0.3, 0.4) is 0 Å². The van der Waals surface area contributed by atoms with Crippen molar-refractivity contribution in [2.24, 2.45) is 17.8 Å². The van der Waals surface area contributed by atoms with Gasteiger partial charge in [-0.15, -0.1) is 0 Å². The number of hydrogen-bond acceptors (Lipinski definition) is 5. The third kappa shape index (κ3) is 2.04. The van der Waals surface area contributed by atoms with Gasteiger partial charge in [-0.1, -0.05) is 32.0 Å². The van der Waals surface area contributed by atoms with Gasteiger partial charge in [0.05, 0.1) is 25.0 Å². The van der Waals surface area contributed by atoms with Crippen LogP contribution in [0.15, 0.2) is 24.3 Å². The van der Waals surface area contributed by atoms with Gasteiger partial charge in [-0.05, 0) is 12.0 Å². The maximum atomic E-state index is 13.2. The minimum absolute atomic E-state index is 0.0987. The van der Waals surface area contributed by atoms with E-state index in [2.05, 4.69) is 10.6 Å². The monoisotopic (exact) mass is 357 g/mol. The molecule has 0 saturated carbocycles. The van der Waals surface area contributed by atoms with E-state index in [9.17, 15) is 14.4 Å². The van der Waals surface area contributed by atoms with Crippen LogP contribution in [-0.2, 0) is 24.7 Å². The molecule has 2 fully saturated rings. The third-order valence-corrected chi connectivity index (χ3v) is 5.89. The normalized spacial score (nSPS) is 32.5. The Balaban J connectivity index is 1.85. The van der Waals surface area contributed by atoms with Crippen LogP contribution in [0.25, 0.3) is 0 Å². The molecule has 2 N–H and O–H groups in total. The maximum absolute atomic E-state index is 13.2. The lowest BCUT2D eigenvalue weighted by atomic mass is 9.76. The van der Waals surface area contributed by atoms with Crippen molar-refractivity contribution in [3.05, 3.63) is 29.8 Å². The largest absolute Gasteiger partial charge is 0.383 e. The summed E-state index contributed by atoms with van der Waals surface area (Å²) >= 11 is 0. The summed E-state index contributed by atoms with van der Waals surface area (Å²) in [6.07, 6.45) is 0. The molecule has 3 aliphatic heterocycles. The lowest BCUT2D eigenvalue weighted by molar-refractivity contribution is -0.143. The van der Waals surface area contributed by atoms with Crippen LogP contribution in [0, 0.1) is 17.8 Å². The zero-order valence-electron chi connectivity index (χ0n) is 15.1. The Bertz CT molecular complexity index is 793. The number of para-hydroxylation sites is 1. The Kier molecular flexibility index (Phi) is 3.89. The fourth-order valence-electron chi connectivity index (χ4n) is 4.73. The lowest BCUT2D eigenvalue weighted by Crippen LogP contribution is -2.54. The van der Waals surface area contributed by atoms with E-state index in [1.807, 2.05) is 38.1 Å². The SMILES string of the molecule is COCCN1C(=O)[C@H]2[C@@H](C1=O)[C@@]1(N[C@H]2C(C)C)C(=O)Nc2ccccc21. The number of carbonyl (C=O) groups excluding carboxylic acids is 3. The molecular formula is C19H23N3O4. The first-order valence-electron chi connectivity index (χ1n) is 8.96. The second-order valence-electron chi connectivity index (χ2n) is 7.55. The average Bonchev–Trinajstić information content (AvgIpc) is 3.20. The second-order valence-corrected chi connectivity index (χ2v) is 7.55. The van der Waals surface area contributed by atoms with E-state index in [1.54, 1.807) is 0 Å². The van der Waals surface area contributed by atoms with Crippen LogP contribution in [0.5, 0.6) is 0 Å². The number of carbonyl (C=O) groups is 3. The Morgan fingerprint density at radius 1 is 1.19 bits per heavy atom. The summed E-state index contributed by atoms with van der Waals surface area (Å²) in [5.74, 6) is -1.94. The molecule has 26 heavy (non-hydrogen) atoms. The first-order chi connectivity index (χ1) is 12.4. The number of benzene rings is 1. The van der Waals surface area contributed by atoms with Gasteiger partial charge < -0.3 is 10.1 Å². The van der Waals surface area contributed by atoms with Crippen molar-refractivity contribution >= 4 is 23.4 Å². The molecule has 0 unspecified atom stereocenters. The molecule has 0 aliphatic carbocycles. The summed E-state index contributed by atoms with van der Waals surface area (Å²) < 4.78 is 5.05. The molecule has 7 nitrogen and oxygen atoms in total. The number of methoxy groups -OCH3 is 1. The highest BCUT2D eigenvalue weighted by Gasteiger charge is 2.70. The van der Waals surface area contributed by atoms with E-state index in [-0.39, 0.29) is 42.8 Å². The number of anilines is 1. The van der Waals surface area contributed by atoms with E-state index in [4.69, 9.17) is 4.74 Å². The average molecular weight is 357 g/mol. The molecule has 3 aliphatic rings. The van der Waals surface area contributed by atoms with E-state index in [0.29, 0.717) is 5.69 Å². The van der Waals surface area contributed by atoms with Gasteiger partial charge in [0.25, 0.3) is 0 Å². The van der Waals surface area contributed by atoms with Crippen molar-refractivity contribution in [1.29, 1.82) is 0 Å². The third-order valence-electron chi connectivity index (χ3n) is 5.89. The summed E-state index contributed by atoms with van der Waals surface area (Å²) in [5, 5.41) is 6.29. The summed E-state index contributed by atoms with van der Waals surface area (Å²) in [5.41, 5.74) is 0.256. The number of nitrogens with one attached hydrogen (secondary N) is 2. The Hall–Kier alpha value is -2.25. The van der Waals surface area contributed by atoms with Gasteiger partial charge in [-0.2, -0.15) is 0 Å². The number of ether oxygens (including phenoxy) is 1. The fraction of sp³-hybridized carbons (Fsp3) is 0.526. The standard InChI is InChI=1S/C19H23N3O4/c1-10(2)15-13-14(17(24)22(16(13)23)8-9-26-3)19(21-15)11-6-4-5-7-12(11)20-18(19)25/h4-7,10,13-15,21H,8-9H2,1-3H3,(H,20,25)/t13-,14-,15-,19+/m0/s1. The number of fused-ring (bicyclic) bond motifs is 4. The number of rotatable bonds is 4. The van der Waals surface area contributed by atoms with Crippen molar-refractivity contribution in [2.45, 2.75) is 25.4 Å². The van der Waals surface area contributed by atoms with Crippen molar-refractivity contribution in [3.63, 3.8) is 0 Å². The number of imide groups is 1. The zero-order valence-corrected chi connectivity index (χ0v) is 15.1. The summed E-state index contributed by atoms with van der Waals surface area (Å²) in [6, 6.07) is 7.13. The van der Waals surface area contributed by atoms with Gasteiger partial charge in [0, 0.05) is 24.4 Å². The van der Waals surface area contributed by atoms with Crippen LogP contribution < -0.4 is 10.6 Å². The van der Waals surface area contributed by atoms with Crippen molar-refractivity contribution in [1.82, 2.24) is 10.2 Å². The minimum atomic E-state index is -1.19. The van der Waals surface area contributed by atoms with Gasteiger partial charge >= 0.3 is 0 Å². The predicted molar refractivity (Wildman–Crippen MR) is 94.1 cm³/mol. The highest BCUT2D eigenvalue weighted by atomic mass is 16.5. The van der Waals surface area contributed by atoms with E-state index >= 15 is 0 Å². The number of likely N-dealkylation sites (tertiary alicyclic amines) is 1. The Morgan fingerprint density at radius 3 is 2.62 bits per heavy atom. The van der Waals surface area contributed by atoms with Gasteiger partial charge in [0.2, 0.25) is 17.7 Å². The van der Waals surface area contributed by atoms with E-state index < -0.39 is 17.4 Å². The molecule has 138 valence electrons. The molecule has 7 heteroatoms. The van der Waals surface area contributed by atoms with Crippen molar-refractivity contribution in [2.75, 3.05) is 25.6 Å². The summed E-state index contributed by atoms with van der Waals surface area (Å²) in [6.45, 7) is 4.50. The molecule has 4 rings (SSSR count). The number of nitrogens with zero attached hydrogens (tertiary/aromatic N) is 1. The number of amides is 3. The first kappa shape index (κ1) is 17.2. The molecule has 4 atom stereocenters. The van der Waals surface area contributed by atoms with Crippen LogP contribution in [-0.4, -0.2) is 48.9 Å². The van der Waals surface area contributed by atoms with Crippen LogP contribution >= 0.6 is 0 Å². The van der Waals surface area contributed by atoms with Gasteiger partial charge in [0.15, 0.2) is 0 Å². The molecule has 0 radical (unpaired) electrons. The molecule has 0 aromatic heterocycles. The van der Waals surface area contributed by atoms with Crippen molar-refractivity contribution < 1.29 is 19.1 Å². The molecule has 1 aromatic carbocycles.